The zero-order chi connectivity index (χ0) is 26.5. The first-order chi connectivity index (χ1) is 17.7. The second-order valence-corrected chi connectivity index (χ2v) is 10.2. The molecule has 7 nitrogen and oxygen atoms in total. The van der Waals surface area contributed by atoms with Gasteiger partial charge in [0.2, 0.25) is 0 Å². The van der Waals surface area contributed by atoms with Gasteiger partial charge in [0.15, 0.2) is 6.10 Å². The van der Waals surface area contributed by atoms with Crippen molar-refractivity contribution in [2.45, 2.75) is 52.9 Å². The molecule has 0 aliphatic carbocycles. The number of carboxylic acids is 1. The molecule has 37 heavy (non-hydrogen) atoms. The molecule has 0 spiro atoms. The van der Waals surface area contributed by atoms with Crippen molar-refractivity contribution in [2.75, 3.05) is 0 Å². The first-order valence-electron chi connectivity index (χ1n) is 12.1. The van der Waals surface area contributed by atoms with Gasteiger partial charge in [0.1, 0.15) is 15.6 Å². The summed E-state index contributed by atoms with van der Waals surface area (Å²) in [6.45, 7) is 7.72. The van der Waals surface area contributed by atoms with Crippen LogP contribution in [0.1, 0.15) is 45.9 Å². The summed E-state index contributed by atoms with van der Waals surface area (Å²) in [7, 11) is 0. The van der Waals surface area contributed by atoms with E-state index in [4.69, 9.17) is 9.15 Å². The van der Waals surface area contributed by atoms with Gasteiger partial charge in [0.05, 0.1) is 18.1 Å². The monoisotopic (exact) mass is 518 g/mol. The molecule has 2 aromatic heterocycles. The Morgan fingerprint density at radius 1 is 1.11 bits per heavy atom. The van der Waals surface area contributed by atoms with E-state index in [0.717, 1.165) is 32.8 Å². The quantitative estimate of drug-likeness (QED) is 0.265. The molecule has 2 aromatic carbocycles. The van der Waals surface area contributed by atoms with Crippen molar-refractivity contribution >= 4 is 23.2 Å². The Hall–Kier alpha value is -3.75. The third-order valence-corrected chi connectivity index (χ3v) is 7.04. The minimum Gasteiger partial charge on any atom is -0.479 e. The van der Waals surface area contributed by atoms with E-state index in [0.29, 0.717) is 16.3 Å². The minimum atomic E-state index is -1.01. The van der Waals surface area contributed by atoms with Gasteiger partial charge in [0.25, 0.3) is 5.91 Å². The van der Waals surface area contributed by atoms with Gasteiger partial charge in [-0.3, -0.25) is 4.79 Å². The fourth-order valence-electron chi connectivity index (χ4n) is 4.01. The van der Waals surface area contributed by atoms with Crippen LogP contribution in [0.5, 0.6) is 0 Å². The van der Waals surface area contributed by atoms with Gasteiger partial charge in [-0.25, -0.2) is 9.78 Å². The molecule has 0 saturated carbocycles. The van der Waals surface area contributed by atoms with Crippen LogP contribution in [-0.2, 0) is 22.5 Å². The highest BCUT2D eigenvalue weighted by atomic mass is 32.1. The predicted molar refractivity (Wildman–Crippen MR) is 144 cm³/mol. The van der Waals surface area contributed by atoms with Crippen molar-refractivity contribution in [3.63, 3.8) is 0 Å². The lowest BCUT2D eigenvalue weighted by atomic mass is 9.98. The summed E-state index contributed by atoms with van der Waals surface area (Å²) in [4.78, 5) is 30.0. The fourth-order valence-corrected chi connectivity index (χ4v) is 5.00. The molecule has 2 N–H and O–H groups in total. The van der Waals surface area contributed by atoms with Crippen molar-refractivity contribution in [3.8, 4) is 21.9 Å². The number of carbonyl (C=O) groups is 2. The molecular formula is C29H30N2O5S. The molecule has 1 amide bonds. The molecule has 1 unspecified atom stereocenters. The minimum absolute atomic E-state index is 0.209. The second-order valence-electron chi connectivity index (χ2n) is 9.17. The van der Waals surface area contributed by atoms with Crippen LogP contribution in [-0.4, -0.2) is 34.2 Å². The van der Waals surface area contributed by atoms with Gasteiger partial charge in [-0.15, -0.1) is 11.3 Å². The second kappa shape index (κ2) is 11.5. The van der Waals surface area contributed by atoms with Crippen LogP contribution in [0.25, 0.3) is 21.9 Å². The number of rotatable bonds is 10. The number of carbonyl (C=O) groups excluding carboxylic acids is 1. The molecule has 0 fully saturated rings. The highest BCUT2D eigenvalue weighted by Crippen LogP contribution is 2.29. The molecule has 0 saturated heterocycles. The van der Waals surface area contributed by atoms with Crippen LogP contribution >= 0.6 is 11.3 Å². The van der Waals surface area contributed by atoms with E-state index in [1.807, 2.05) is 76.2 Å². The van der Waals surface area contributed by atoms with E-state index < -0.39 is 12.1 Å². The zero-order valence-electron chi connectivity index (χ0n) is 21.3. The van der Waals surface area contributed by atoms with Crippen molar-refractivity contribution in [2.24, 2.45) is 0 Å². The number of aliphatic carboxylic acids is 1. The van der Waals surface area contributed by atoms with Crippen molar-refractivity contribution in [1.82, 2.24) is 10.3 Å². The lowest BCUT2D eigenvalue weighted by molar-refractivity contribution is -0.153. The molecule has 0 radical (unpaired) electrons. The van der Waals surface area contributed by atoms with Crippen LogP contribution < -0.4 is 5.32 Å². The first-order valence-corrected chi connectivity index (χ1v) is 12.9. The van der Waals surface area contributed by atoms with E-state index in [2.05, 4.69) is 10.3 Å². The maximum Gasteiger partial charge on any atom is 0.333 e. The molecule has 0 aliphatic heterocycles. The largest absolute Gasteiger partial charge is 0.479 e. The van der Waals surface area contributed by atoms with E-state index >= 15 is 0 Å². The highest BCUT2D eigenvalue weighted by molar-refractivity contribution is 7.17. The third kappa shape index (κ3) is 6.53. The van der Waals surface area contributed by atoms with E-state index in [-0.39, 0.29) is 25.0 Å². The third-order valence-electron chi connectivity index (χ3n) is 5.83. The lowest BCUT2D eigenvalue weighted by Gasteiger charge is -2.18. The van der Waals surface area contributed by atoms with E-state index in [1.54, 1.807) is 12.3 Å². The van der Waals surface area contributed by atoms with Crippen LogP contribution in [0.15, 0.2) is 65.3 Å². The van der Waals surface area contributed by atoms with Crippen LogP contribution in [0, 0.1) is 13.8 Å². The first kappa shape index (κ1) is 26.3. The number of ether oxygens (including phenoxy) is 1. The Bertz CT molecular complexity index is 1370. The standard InChI is InChI=1S/C29H30N2O5S/c1-17(2)36-25(29(33)34)15-20-9-12-23(24-6-5-13-35-24)22(14-20)16-30-27(32)26-19(4)31-28(37-26)21-10-7-18(3)8-11-21/h5-14,17,25H,15-16H2,1-4H3,(H,30,32)(H,33,34). The Morgan fingerprint density at radius 3 is 2.51 bits per heavy atom. The van der Waals surface area contributed by atoms with Gasteiger partial charge in [-0.1, -0.05) is 48.0 Å². The molecule has 1 atom stereocenters. The topological polar surface area (TPSA) is 102 Å². The summed E-state index contributed by atoms with van der Waals surface area (Å²) in [5.74, 6) is -0.556. The molecule has 192 valence electrons. The number of amides is 1. The van der Waals surface area contributed by atoms with Crippen molar-refractivity contribution in [3.05, 3.63) is 88.1 Å². The molecule has 2 heterocycles. The molecule has 0 bridgehead atoms. The molecule has 0 aliphatic rings. The van der Waals surface area contributed by atoms with Gasteiger partial charge in [0, 0.05) is 24.1 Å². The number of benzene rings is 2. The summed E-state index contributed by atoms with van der Waals surface area (Å²) < 4.78 is 11.2. The maximum atomic E-state index is 13.1. The Labute approximate surface area is 220 Å². The van der Waals surface area contributed by atoms with Crippen LogP contribution in [0.4, 0.5) is 0 Å². The van der Waals surface area contributed by atoms with E-state index in [9.17, 15) is 14.7 Å². The lowest BCUT2D eigenvalue weighted by Crippen LogP contribution is -2.29. The summed E-state index contributed by atoms with van der Waals surface area (Å²) in [6, 6.07) is 17.4. The summed E-state index contributed by atoms with van der Waals surface area (Å²) >= 11 is 1.36. The number of hydrogen-bond donors (Lipinski definition) is 2. The Kier molecular flexibility index (Phi) is 8.21. The number of aromatic nitrogens is 1. The number of thiazole rings is 1. The summed E-state index contributed by atoms with van der Waals surface area (Å²) in [5.41, 5.74) is 5.25. The SMILES string of the molecule is Cc1ccc(-c2nc(C)c(C(=O)NCc3cc(CC(OC(C)C)C(=O)O)ccc3-c3ccco3)s2)cc1. The Balaban J connectivity index is 1.56. The predicted octanol–water partition coefficient (Wildman–Crippen LogP) is 6.04. The molecule has 8 heteroatoms. The number of nitrogens with one attached hydrogen (secondary N) is 1. The van der Waals surface area contributed by atoms with Gasteiger partial charge in [-0.2, -0.15) is 0 Å². The summed E-state index contributed by atoms with van der Waals surface area (Å²) in [5, 5.41) is 13.4. The fraction of sp³-hybridized carbons (Fsp3) is 0.276. The van der Waals surface area contributed by atoms with E-state index in [1.165, 1.54) is 11.3 Å². The Morgan fingerprint density at radius 2 is 1.86 bits per heavy atom. The number of nitrogens with zero attached hydrogens (tertiary/aromatic N) is 1. The zero-order valence-corrected chi connectivity index (χ0v) is 22.1. The normalized spacial score (nSPS) is 12.0. The van der Waals surface area contributed by atoms with Gasteiger partial charge in [-0.05, 0) is 51.0 Å². The van der Waals surface area contributed by atoms with Crippen LogP contribution in [0.2, 0.25) is 0 Å². The number of hydrogen-bond acceptors (Lipinski definition) is 6. The maximum absolute atomic E-state index is 13.1. The van der Waals surface area contributed by atoms with Crippen molar-refractivity contribution in [1.29, 1.82) is 0 Å². The average molecular weight is 519 g/mol. The molecular weight excluding hydrogens is 488 g/mol. The highest BCUT2D eigenvalue weighted by Gasteiger charge is 2.22. The number of aryl methyl sites for hydroxylation is 2. The van der Waals surface area contributed by atoms with Crippen molar-refractivity contribution < 1.29 is 23.8 Å². The van der Waals surface area contributed by atoms with Crippen LogP contribution in [0.3, 0.4) is 0 Å². The number of furan rings is 1. The van der Waals surface area contributed by atoms with Gasteiger partial charge < -0.3 is 19.6 Å². The molecule has 4 rings (SSSR count). The molecule has 4 aromatic rings. The number of carboxylic acid groups (broad SMARTS) is 1. The van der Waals surface area contributed by atoms with Gasteiger partial charge >= 0.3 is 5.97 Å². The summed E-state index contributed by atoms with van der Waals surface area (Å²) in [6.07, 6.45) is 0.628. The average Bonchev–Trinajstić information content (AvgIpc) is 3.52. The smallest absolute Gasteiger partial charge is 0.333 e.